The van der Waals surface area contributed by atoms with Crippen molar-refractivity contribution in [3.63, 3.8) is 0 Å². The minimum atomic E-state index is -0.390. The fraction of sp³-hybridized carbons (Fsp3) is 0.857. The minimum Gasteiger partial charge on any atom is -0.453 e. The van der Waals surface area contributed by atoms with E-state index in [1.54, 1.807) is 0 Å². The van der Waals surface area contributed by atoms with Crippen molar-refractivity contribution >= 4 is 6.09 Å². The topological polar surface area (TPSA) is 65.4 Å². The lowest BCUT2D eigenvalue weighted by molar-refractivity contribution is 0.114. The van der Waals surface area contributed by atoms with Crippen molar-refractivity contribution in [3.05, 3.63) is 0 Å². The molecule has 108 valence electrons. The van der Waals surface area contributed by atoms with Crippen LogP contribution in [-0.4, -0.2) is 43.8 Å². The molecular formula is C14H25N3O2. The van der Waals surface area contributed by atoms with Crippen molar-refractivity contribution in [3.8, 4) is 6.07 Å². The maximum atomic E-state index is 11.3. The van der Waals surface area contributed by atoms with Crippen LogP contribution in [0.25, 0.3) is 0 Å². The summed E-state index contributed by atoms with van der Waals surface area (Å²) in [5, 5.41) is 11.7. The lowest BCUT2D eigenvalue weighted by Gasteiger charge is -2.39. The zero-order valence-electron chi connectivity index (χ0n) is 12.4. The van der Waals surface area contributed by atoms with E-state index < -0.39 is 6.09 Å². The Morgan fingerprint density at radius 1 is 1.47 bits per heavy atom. The number of hydrogen-bond acceptors (Lipinski definition) is 4. The van der Waals surface area contributed by atoms with Gasteiger partial charge in [-0.1, -0.05) is 20.8 Å². The fourth-order valence-electron chi connectivity index (χ4n) is 2.88. The van der Waals surface area contributed by atoms with E-state index in [0.717, 1.165) is 25.9 Å². The number of carbonyl (C=O) groups excluding carboxylic acids is 1. The maximum absolute atomic E-state index is 11.3. The number of methoxy groups -OCH3 is 1. The third-order valence-corrected chi connectivity index (χ3v) is 3.32. The molecule has 0 aliphatic carbocycles. The van der Waals surface area contributed by atoms with Gasteiger partial charge in [-0.05, 0) is 24.2 Å². The molecule has 1 N–H and O–H groups in total. The molecule has 1 saturated heterocycles. The molecule has 2 atom stereocenters. The number of nitrogens with one attached hydrogen (secondary N) is 1. The van der Waals surface area contributed by atoms with Crippen molar-refractivity contribution in [2.45, 2.75) is 39.7 Å². The maximum Gasteiger partial charge on any atom is 0.407 e. The highest BCUT2D eigenvalue weighted by Crippen LogP contribution is 2.30. The van der Waals surface area contributed by atoms with Crippen molar-refractivity contribution in [1.82, 2.24) is 10.2 Å². The Morgan fingerprint density at radius 3 is 2.68 bits per heavy atom. The normalized spacial score (nSPS) is 24.6. The number of amides is 1. The van der Waals surface area contributed by atoms with E-state index in [1.165, 1.54) is 7.11 Å². The largest absolute Gasteiger partial charge is 0.453 e. The first-order valence-electron chi connectivity index (χ1n) is 6.78. The third-order valence-electron chi connectivity index (χ3n) is 3.32. The van der Waals surface area contributed by atoms with Crippen molar-refractivity contribution in [1.29, 1.82) is 5.26 Å². The SMILES string of the molecule is COC(=O)NC1CC(CC(C)(C)C)CN(CC#N)C1. The average molecular weight is 267 g/mol. The summed E-state index contributed by atoms with van der Waals surface area (Å²) in [6.07, 6.45) is 1.65. The third kappa shape index (κ3) is 5.93. The van der Waals surface area contributed by atoms with Gasteiger partial charge < -0.3 is 10.1 Å². The molecule has 19 heavy (non-hydrogen) atoms. The number of hydrogen-bond donors (Lipinski definition) is 1. The molecule has 0 aromatic rings. The van der Waals surface area contributed by atoms with Crippen LogP contribution >= 0.6 is 0 Å². The van der Waals surface area contributed by atoms with Crippen LogP contribution in [0.3, 0.4) is 0 Å². The second kappa shape index (κ2) is 6.76. The first kappa shape index (κ1) is 15.8. The zero-order chi connectivity index (χ0) is 14.5. The number of nitriles is 1. The van der Waals surface area contributed by atoms with Crippen LogP contribution in [0.1, 0.15) is 33.6 Å². The van der Waals surface area contributed by atoms with Gasteiger partial charge in [0.25, 0.3) is 0 Å². The van der Waals surface area contributed by atoms with E-state index in [0.29, 0.717) is 12.5 Å². The van der Waals surface area contributed by atoms with Crippen LogP contribution in [0.4, 0.5) is 4.79 Å². The number of alkyl carbamates (subject to hydrolysis) is 1. The van der Waals surface area contributed by atoms with Gasteiger partial charge in [-0.25, -0.2) is 4.79 Å². The lowest BCUT2D eigenvalue weighted by atomic mass is 9.80. The minimum absolute atomic E-state index is 0.0712. The van der Waals surface area contributed by atoms with Crippen LogP contribution in [0.2, 0.25) is 0 Å². The van der Waals surface area contributed by atoms with Crippen LogP contribution in [0.5, 0.6) is 0 Å². The fourth-order valence-corrected chi connectivity index (χ4v) is 2.88. The van der Waals surface area contributed by atoms with Gasteiger partial charge in [-0.2, -0.15) is 5.26 Å². The average Bonchev–Trinajstić information content (AvgIpc) is 2.26. The van der Waals surface area contributed by atoms with Crippen LogP contribution in [-0.2, 0) is 4.74 Å². The van der Waals surface area contributed by atoms with Gasteiger partial charge in [-0.15, -0.1) is 0 Å². The Labute approximate surface area is 115 Å². The van der Waals surface area contributed by atoms with Gasteiger partial charge >= 0.3 is 6.09 Å². The van der Waals surface area contributed by atoms with Gasteiger partial charge in [0.2, 0.25) is 0 Å². The van der Waals surface area contributed by atoms with E-state index in [1.807, 2.05) is 0 Å². The van der Waals surface area contributed by atoms with Crippen LogP contribution < -0.4 is 5.32 Å². The standard InChI is InChI=1S/C14H25N3O2/c1-14(2,3)8-11-7-12(16-13(18)19-4)10-17(9-11)6-5-15/h11-12H,6-10H2,1-4H3,(H,16,18). The zero-order valence-corrected chi connectivity index (χ0v) is 12.4. The molecule has 1 aliphatic rings. The van der Waals surface area contributed by atoms with E-state index in [4.69, 9.17) is 5.26 Å². The Morgan fingerprint density at radius 2 is 2.16 bits per heavy atom. The van der Waals surface area contributed by atoms with Crippen molar-refractivity contribution < 1.29 is 9.53 Å². The molecule has 1 fully saturated rings. The molecule has 1 rings (SSSR count). The smallest absolute Gasteiger partial charge is 0.407 e. The van der Waals surface area contributed by atoms with Gasteiger partial charge in [0.1, 0.15) is 0 Å². The van der Waals surface area contributed by atoms with E-state index in [-0.39, 0.29) is 11.5 Å². The molecule has 2 unspecified atom stereocenters. The van der Waals surface area contributed by atoms with Crippen LogP contribution in [0, 0.1) is 22.7 Å². The molecular weight excluding hydrogens is 242 g/mol. The summed E-state index contributed by atoms with van der Waals surface area (Å²) in [5.74, 6) is 0.504. The second-order valence-electron chi connectivity index (χ2n) is 6.55. The molecule has 5 heteroatoms. The highest BCUT2D eigenvalue weighted by Gasteiger charge is 2.30. The van der Waals surface area contributed by atoms with Crippen molar-refractivity contribution in [2.24, 2.45) is 11.3 Å². The summed E-state index contributed by atoms with van der Waals surface area (Å²) in [7, 11) is 1.37. The summed E-state index contributed by atoms with van der Waals surface area (Å²) in [4.78, 5) is 13.4. The van der Waals surface area contributed by atoms with E-state index in [9.17, 15) is 4.79 Å². The van der Waals surface area contributed by atoms with Gasteiger partial charge in [-0.3, -0.25) is 4.90 Å². The summed E-state index contributed by atoms with van der Waals surface area (Å²) in [6.45, 7) is 8.74. The number of nitrogens with zero attached hydrogens (tertiary/aromatic N) is 2. The number of ether oxygens (including phenoxy) is 1. The van der Waals surface area contributed by atoms with Crippen molar-refractivity contribution in [2.75, 3.05) is 26.7 Å². The van der Waals surface area contributed by atoms with E-state index in [2.05, 4.69) is 41.8 Å². The first-order valence-corrected chi connectivity index (χ1v) is 6.78. The van der Waals surface area contributed by atoms with Gasteiger partial charge in [0, 0.05) is 19.1 Å². The monoisotopic (exact) mass is 267 g/mol. The molecule has 1 heterocycles. The molecule has 0 aromatic heterocycles. The Kier molecular flexibility index (Phi) is 5.61. The molecule has 1 aliphatic heterocycles. The molecule has 0 aromatic carbocycles. The van der Waals surface area contributed by atoms with E-state index >= 15 is 0 Å². The molecule has 1 amide bonds. The molecule has 0 bridgehead atoms. The van der Waals surface area contributed by atoms with Gasteiger partial charge in [0.05, 0.1) is 19.7 Å². The van der Waals surface area contributed by atoms with Crippen LogP contribution in [0.15, 0.2) is 0 Å². The number of piperidine rings is 1. The number of rotatable bonds is 3. The quantitative estimate of drug-likeness (QED) is 0.794. The Bertz CT molecular complexity index is 344. The van der Waals surface area contributed by atoms with Gasteiger partial charge in [0.15, 0.2) is 0 Å². The highest BCUT2D eigenvalue weighted by atomic mass is 16.5. The lowest BCUT2D eigenvalue weighted by Crippen LogP contribution is -2.51. The molecule has 0 spiro atoms. The number of likely N-dealkylation sites (tertiary alicyclic amines) is 1. The first-order chi connectivity index (χ1) is 8.84. The number of carbonyl (C=O) groups is 1. The predicted octanol–water partition coefficient (Wildman–Crippen LogP) is 1.99. The Hall–Kier alpha value is -1.28. The predicted molar refractivity (Wildman–Crippen MR) is 73.6 cm³/mol. The molecule has 0 radical (unpaired) electrons. The molecule has 0 saturated carbocycles. The molecule has 5 nitrogen and oxygen atoms in total. The highest BCUT2D eigenvalue weighted by molar-refractivity contribution is 5.67. The summed E-state index contributed by atoms with van der Waals surface area (Å²) in [5.41, 5.74) is 0.260. The summed E-state index contributed by atoms with van der Waals surface area (Å²) < 4.78 is 4.65. The Balaban J connectivity index is 2.62. The summed E-state index contributed by atoms with van der Waals surface area (Å²) >= 11 is 0. The summed E-state index contributed by atoms with van der Waals surface area (Å²) in [6, 6.07) is 2.26. The second-order valence-corrected chi connectivity index (χ2v) is 6.55.